The molecule has 0 unspecified atom stereocenters. The molecule has 0 saturated carbocycles. The van der Waals surface area contributed by atoms with Crippen LogP contribution in [0.2, 0.25) is 0 Å². The lowest BCUT2D eigenvalue weighted by atomic mass is 10.1. The molecule has 4 amide bonds. The molecule has 0 N–H and O–H groups in total. The lowest BCUT2D eigenvalue weighted by Gasteiger charge is -2.21. The minimum absolute atomic E-state index is 0.0313. The zero-order valence-electron chi connectivity index (χ0n) is 16.0. The van der Waals surface area contributed by atoms with Gasteiger partial charge in [-0.2, -0.15) is 0 Å². The van der Waals surface area contributed by atoms with Crippen LogP contribution in [-0.2, 0) is 19.2 Å². The normalized spacial score (nSPS) is 14.0. The van der Waals surface area contributed by atoms with Crippen LogP contribution in [0.1, 0.15) is 84.5 Å². The van der Waals surface area contributed by atoms with Gasteiger partial charge < -0.3 is 4.84 Å². The Labute approximate surface area is 156 Å². The molecule has 1 saturated heterocycles. The molecular formula is C19H31N2O5. The van der Waals surface area contributed by atoms with E-state index in [1.54, 1.807) is 0 Å². The van der Waals surface area contributed by atoms with Gasteiger partial charge in [-0.15, -0.1) is 5.06 Å². The second kappa shape index (κ2) is 12.4. The highest BCUT2D eigenvalue weighted by Gasteiger charge is 2.35. The summed E-state index contributed by atoms with van der Waals surface area (Å²) in [7, 11) is 0. The number of unbranched alkanes of at least 4 members (excludes halogenated alkanes) is 7. The predicted molar refractivity (Wildman–Crippen MR) is 96.5 cm³/mol. The van der Waals surface area contributed by atoms with E-state index in [0.29, 0.717) is 17.9 Å². The third kappa shape index (κ3) is 7.54. The number of hydrogen-bond donors (Lipinski definition) is 0. The van der Waals surface area contributed by atoms with Crippen LogP contribution in [0.5, 0.6) is 0 Å². The highest BCUT2D eigenvalue weighted by Crippen LogP contribution is 2.15. The third-order valence-corrected chi connectivity index (χ3v) is 4.19. The van der Waals surface area contributed by atoms with E-state index in [4.69, 9.17) is 4.84 Å². The van der Waals surface area contributed by atoms with Gasteiger partial charge in [-0.05, 0) is 19.3 Å². The smallest absolute Gasteiger partial charge is 0.310 e. The van der Waals surface area contributed by atoms with Crippen molar-refractivity contribution < 1.29 is 24.0 Å². The largest absolute Gasteiger partial charge is 0.441 e. The van der Waals surface area contributed by atoms with Crippen LogP contribution in [0.3, 0.4) is 0 Å². The second-order valence-corrected chi connectivity index (χ2v) is 6.51. The summed E-state index contributed by atoms with van der Waals surface area (Å²) in [6.45, 7) is 4.21. The molecule has 0 spiro atoms. The van der Waals surface area contributed by atoms with Crippen LogP contribution in [-0.4, -0.2) is 40.3 Å². The highest BCUT2D eigenvalue weighted by molar-refractivity contribution is 6.02. The van der Waals surface area contributed by atoms with Crippen LogP contribution in [0.4, 0.5) is 4.79 Å². The maximum atomic E-state index is 12.3. The van der Waals surface area contributed by atoms with E-state index in [0.717, 1.165) is 37.0 Å². The summed E-state index contributed by atoms with van der Waals surface area (Å²) in [5, 5.41) is 0.477. The van der Waals surface area contributed by atoms with E-state index in [1.807, 2.05) is 6.92 Å². The maximum Gasteiger partial charge on any atom is 0.441 e. The van der Waals surface area contributed by atoms with Gasteiger partial charge in [0.25, 0.3) is 11.8 Å². The Bertz CT molecular complexity index is 476. The molecule has 7 heteroatoms. The van der Waals surface area contributed by atoms with Crippen LogP contribution in [0.25, 0.3) is 0 Å². The monoisotopic (exact) mass is 367 g/mol. The fourth-order valence-corrected chi connectivity index (χ4v) is 2.73. The second-order valence-electron chi connectivity index (χ2n) is 6.51. The van der Waals surface area contributed by atoms with Gasteiger partial charge in [0.2, 0.25) is 5.91 Å². The molecule has 0 atom stereocenters. The SMILES string of the molecule is CCC[CH]CCCCCCC(=O)N(CCC)C(=O)ON1C(=O)CCC1=O. The van der Waals surface area contributed by atoms with Gasteiger partial charge in [0.15, 0.2) is 0 Å². The molecule has 0 aromatic rings. The number of nitrogens with zero attached hydrogens (tertiary/aromatic N) is 2. The van der Waals surface area contributed by atoms with Crippen molar-refractivity contribution in [1.82, 2.24) is 9.96 Å². The number of hydrogen-bond acceptors (Lipinski definition) is 5. The first-order valence-electron chi connectivity index (χ1n) is 9.71. The standard InChI is InChI=1S/C19H31N2O5/c1-3-5-6-7-8-9-10-11-12-16(22)20(15-4-2)19(25)26-21-17(23)13-14-18(21)24/h6H,3-5,7-15H2,1-2H3. The molecular weight excluding hydrogens is 336 g/mol. The fraction of sp³-hybridized carbons (Fsp3) is 0.737. The van der Waals surface area contributed by atoms with Crippen LogP contribution in [0, 0.1) is 6.42 Å². The average molecular weight is 367 g/mol. The Balaban J connectivity index is 2.35. The van der Waals surface area contributed by atoms with Gasteiger partial charge in [-0.1, -0.05) is 52.4 Å². The number of rotatable bonds is 12. The number of hydroxylamine groups is 2. The minimum atomic E-state index is -0.949. The summed E-state index contributed by atoms with van der Waals surface area (Å²) in [6, 6.07) is 0. The maximum absolute atomic E-state index is 12.3. The minimum Gasteiger partial charge on any atom is -0.310 e. The lowest BCUT2D eigenvalue weighted by Crippen LogP contribution is -2.43. The molecule has 147 valence electrons. The average Bonchev–Trinajstić information content (AvgIpc) is 2.93. The summed E-state index contributed by atoms with van der Waals surface area (Å²) in [4.78, 5) is 53.4. The molecule has 1 fully saturated rings. The zero-order valence-corrected chi connectivity index (χ0v) is 16.0. The first kappa shape index (κ1) is 22.1. The van der Waals surface area contributed by atoms with Crippen LogP contribution in [0.15, 0.2) is 0 Å². The fourth-order valence-electron chi connectivity index (χ4n) is 2.73. The molecule has 7 nitrogen and oxygen atoms in total. The Kier molecular flexibility index (Phi) is 10.6. The first-order valence-corrected chi connectivity index (χ1v) is 9.71. The van der Waals surface area contributed by atoms with Crippen LogP contribution >= 0.6 is 0 Å². The quantitative estimate of drug-likeness (QED) is 0.387. The van der Waals surface area contributed by atoms with Gasteiger partial charge in [0.05, 0.1) is 0 Å². The van der Waals surface area contributed by atoms with Gasteiger partial charge in [0.1, 0.15) is 0 Å². The van der Waals surface area contributed by atoms with Gasteiger partial charge in [0, 0.05) is 25.8 Å². The molecule has 1 radical (unpaired) electrons. The molecule has 0 aromatic carbocycles. The lowest BCUT2D eigenvalue weighted by molar-refractivity contribution is -0.174. The summed E-state index contributed by atoms with van der Waals surface area (Å²) in [6.07, 6.45) is 9.50. The third-order valence-electron chi connectivity index (χ3n) is 4.19. The zero-order chi connectivity index (χ0) is 19.4. The van der Waals surface area contributed by atoms with Crippen molar-refractivity contribution in [2.24, 2.45) is 0 Å². The molecule has 26 heavy (non-hydrogen) atoms. The van der Waals surface area contributed by atoms with Crippen molar-refractivity contribution in [3.63, 3.8) is 0 Å². The summed E-state index contributed by atoms with van der Waals surface area (Å²) in [5.74, 6) is -1.42. The summed E-state index contributed by atoms with van der Waals surface area (Å²) >= 11 is 0. The van der Waals surface area contributed by atoms with Crippen molar-refractivity contribution in [1.29, 1.82) is 0 Å². The predicted octanol–water partition coefficient (Wildman–Crippen LogP) is 3.77. The van der Waals surface area contributed by atoms with E-state index in [2.05, 4.69) is 13.3 Å². The van der Waals surface area contributed by atoms with Crippen molar-refractivity contribution in [3.05, 3.63) is 6.42 Å². The molecule has 0 aromatic heterocycles. The number of amides is 4. The molecule has 1 heterocycles. The number of carbonyl (C=O) groups is 4. The van der Waals surface area contributed by atoms with Crippen molar-refractivity contribution in [2.75, 3.05) is 6.54 Å². The topological polar surface area (TPSA) is 84.0 Å². The van der Waals surface area contributed by atoms with E-state index < -0.39 is 17.9 Å². The Hall–Kier alpha value is -1.92. The number of imide groups is 2. The summed E-state index contributed by atoms with van der Waals surface area (Å²) in [5.41, 5.74) is 0. The molecule has 0 aliphatic carbocycles. The Morgan fingerprint density at radius 2 is 1.65 bits per heavy atom. The van der Waals surface area contributed by atoms with Crippen molar-refractivity contribution in [3.8, 4) is 0 Å². The van der Waals surface area contributed by atoms with Gasteiger partial charge >= 0.3 is 6.09 Å². The molecule has 0 bridgehead atoms. The van der Waals surface area contributed by atoms with Gasteiger partial charge in [-0.3, -0.25) is 14.4 Å². The van der Waals surface area contributed by atoms with E-state index >= 15 is 0 Å². The van der Waals surface area contributed by atoms with Gasteiger partial charge in [-0.25, -0.2) is 9.69 Å². The molecule has 1 rings (SSSR count). The van der Waals surface area contributed by atoms with Crippen molar-refractivity contribution >= 4 is 23.8 Å². The summed E-state index contributed by atoms with van der Waals surface area (Å²) < 4.78 is 0. The van der Waals surface area contributed by atoms with E-state index in [9.17, 15) is 19.2 Å². The molecule has 1 aliphatic rings. The Morgan fingerprint density at radius 1 is 1.00 bits per heavy atom. The highest BCUT2D eigenvalue weighted by atomic mass is 16.7. The van der Waals surface area contributed by atoms with E-state index in [1.165, 1.54) is 6.42 Å². The Morgan fingerprint density at radius 3 is 2.27 bits per heavy atom. The first-order chi connectivity index (χ1) is 12.5. The van der Waals surface area contributed by atoms with Crippen molar-refractivity contribution in [2.45, 2.75) is 84.5 Å². The molecule has 1 aliphatic heterocycles. The van der Waals surface area contributed by atoms with Crippen LogP contribution < -0.4 is 0 Å². The van der Waals surface area contributed by atoms with E-state index in [-0.39, 0.29) is 31.7 Å². The number of carbonyl (C=O) groups excluding carboxylic acids is 4.